The molecule has 3 atom stereocenters. The van der Waals surface area contributed by atoms with Crippen LogP contribution in [0, 0.1) is 5.92 Å². The van der Waals surface area contributed by atoms with E-state index in [9.17, 15) is 4.79 Å². The quantitative estimate of drug-likeness (QED) is 0.750. The van der Waals surface area contributed by atoms with Gasteiger partial charge in [0.1, 0.15) is 0 Å². The Labute approximate surface area is 112 Å². The van der Waals surface area contributed by atoms with Crippen molar-refractivity contribution in [2.24, 2.45) is 5.92 Å². The Morgan fingerprint density at radius 3 is 2.94 bits per heavy atom. The van der Waals surface area contributed by atoms with Gasteiger partial charge in [0, 0.05) is 30.9 Å². The predicted molar refractivity (Wildman–Crippen MR) is 71.3 cm³/mol. The summed E-state index contributed by atoms with van der Waals surface area (Å²) in [6.07, 6.45) is 5.27. The minimum absolute atomic E-state index is 0.312. The number of hydrogen-bond donors (Lipinski definition) is 0. The molecule has 2 aliphatic heterocycles. The van der Waals surface area contributed by atoms with Crippen LogP contribution >= 0.6 is 15.9 Å². The number of amides is 1. The van der Waals surface area contributed by atoms with Crippen molar-refractivity contribution >= 4 is 21.8 Å². The van der Waals surface area contributed by atoms with Gasteiger partial charge in [0.25, 0.3) is 0 Å². The van der Waals surface area contributed by atoms with Gasteiger partial charge in [-0.2, -0.15) is 0 Å². The van der Waals surface area contributed by atoms with Crippen LogP contribution in [-0.4, -0.2) is 41.4 Å². The van der Waals surface area contributed by atoms with Crippen molar-refractivity contribution in [2.75, 3.05) is 19.7 Å². The van der Waals surface area contributed by atoms with Gasteiger partial charge in [0.05, 0.1) is 6.10 Å². The number of halogens is 1. The second kappa shape index (κ2) is 6.19. The molecule has 1 amide bonds. The lowest BCUT2D eigenvalue weighted by atomic mass is 9.99. The highest BCUT2D eigenvalue weighted by atomic mass is 79.9. The van der Waals surface area contributed by atoms with Gasteiger partial charge in [0.2, 0.25) is 5.91 Å². The molecule has 0 aromatic heterocycles. The lowest BCUT2D eigenvalue weighted by Gasteiger charge is -2.34. The maximum absolute atomic E-state index is 12.1. The van der Waals surface area contributed by atoms with E-state index in [-0.39, 0.29) is 0 Å². The number of carbonyl (C=O) groups is 1. The first-order chi connectivity index (χ1) is 8.16. The third-order valence-electron chi connectivity index (χ3n) is 3.86. The molecule has 2 fully saturated rings. The van der Waals surface area contributed by atoms with E-state index >= 15 is 0 Å². The summed E-state index contributed by atoms with van der Waals surface area (Å²) in [5.74, 6) is 0.877. The first-order valence-electron chi connectivity index (χ1n) is 6.70. The lowest BCUT2D eigenvalue weighted by molar-refractivity contribution is -0.133. The van der Waals surface area contributed by atoms with E-state index < -0.39 is 0 Å². The summed E-state index contributed by atoms with van der Waals surface area (Å²) in [6, 6.07) is 0. The number of rotatable bonds is 3. The Hall–Kier alpha value is -0.0900. The first kappa shape index (κ1) is 13.3. The molecule has 4 heteroatoms. The summed E-state index contributed by atoms with van der Waals surface area (Å²) in [6.45, 7) is 4.90. The van der Waals surface area contributed by atoms with Gasteiger partial charge in [-0.25, -0.2) is 0 Å². The fourth-order valence-corrected chi connectivity index (χ4v) is 3.03. The molecule has 0 aromatic rings. The summed E-state index contributed by atoms with van der Waals surface area (Å²) >= 11 is 3.67. The van der Waals surface area contributed by atoms with Gasteiger partial charge in [-0.1, -0.05) is 22.9 Å². The summed E-state index contributed by atoms with van der Waals surface area (Å²) in [7, 11) is 0. The SMILES string of the molecule is CC1CN(C(=O)CCC2CCCO2)CCC1Br. The van der Waals surface area contributed by atoms with Crippen LogP contribution in [0.3, 0.4) is 0 Å². The largest absolute Gasteiger partial charge is 0.378 e. The Balaban J connectivity index is 1.72. The summed E-state index contributed by atoms with van der Waals surface area (Å²) < 4.78 is 5.55. The minimum Gasteiger partial charge on any atom is -0.378 e. The van der Waals surface area contributed by atoms with E-state index in [1.54, 1.807) is 0 Å². The number of piperidine rings is 1. The second-order valence-electron chi connectivity index (χ2n) is 5.30. The van der Waals surface area contributed by atoms with Gasteiger partial charge >= 0.3 is 0 Å². The summed E-state index contributed by atoms with van der Waals surface area (Å²) in [5.41, 5.74) is 0. The number of likely N-dealkylation sites (tertiary alicyclic amines) is 1. The van der Waals surface area contributed by atoms with Gasteiger partial charge < -0.3 is 9.64 Å². The van der Waals surface area contributed by atoms with Crippen molar-refractivity contribution in [1.82, 2.24) is 4.90 Å². The molecular weight excluding hydrogens is 282 g/mol. The van der Waals surface area contributed by atoms with Gasteiger partial charge in [-0.05, 0) is 31.6 Å². The fraction of sp³-hybridized carbons (Fsp3) is 0.923. The molecule has 3 unspecified atom stereocenters. The Bertz CT molecular complexity index is 266. The Kier molecular flexibility index (Phi) is 4.86. The Morgan fingerprint density at radius 2 is 2.29 bits per heavy atom. The molecule has 3 nitrogen and oxygen atoms in total. The van der Waals surface area contributed by atoms with Crippen LogP contribution in [0.5, 0.6) is 0 Å². The molecule has 0 bridgehead atoms. The van der Waals surface area contributed by atoms with E-state index in [0.717, 1.165) is 45.4 Å². The molecular formula is C13H22BrNO2. The average molecular weight is 304 g/mol. The zero-order valence-electron chi connectivity index (χ0n) is 10.5. The molecule has 2 rings (SSSR count). The molecule has 0 aromatic carbocycles. The van der Waals surface area contributed by atoms with E-state index in [1.165, 1.54) is 0 Å². The first-order valence-corrected chi connectivity index (χ1v) is 7.62. The van der Waals surface area contributed by atoms with Crippen LogP contribution in [0.25, 0.3) is 0 Å². The zero-order valence-corrected chi connectivity index (χ0v) is 12.1. The number of alkyl halides is 1. The maximum atomic E-state index is 12.1. The van der Waals surface area contributed by atoms with Crippen LogP contribution < -0.4 is 0 Å². The molecule has 2 heterocycles. The highest BCUT2D eigenvalue weighted by Crippen LogP contribution is 2.24. The molecule has 0 spiro atoms. The van der Waals surface area contributed by atoms with Crippen molar-refractivity contribution in [3.8, 4) is 0 Å². The van der Waals surface area contributed by atoms with Crippen LogP contribution in [0.4, 0.5) is 0 Å². The third-order valence-corrected chi connectivity index (χ3v) is 5.22. The van der Waals surface area contributed by atoms with Gasteiger partial charge in [-0.3, -0.25) is 4.79 Å². The maximum Gasteiger partial charge on any atom is 0.222 e. The van der Waals surface area contributed by atoms with Crippen LogP contribution in [0.15, 0.2) is 0 Å². The molecule has 17 heavy (non-hydrogen) atoms. The van der Waals surface area contributed by atoms with Crippen LogP contribution in [0.1, 0.15) is 39.0 Å². The fourth-order valence-electron chi connectivity index (χ4n) is 2.66. The molecule has 0 N–H and O–H groups in total. The van der Waals surface area contributed by atoms with E-state index in [2.05, 4.69) is 22.9 Å². The zero-order chi connectivity index (χ0) is 12.3. The van der Waals surface area contributed by atoms with E-state index in [1.807, 2.05) is 4.90 Å². The molecule has 0 radical (unpaired) electrons. The summed E-state index contributed by atoms with van der Waals surface area (Å²) in [5, 5.41) is 0. The summed E-state index contributed by atoms with van der Waals surface area (Å²) in [4.78, 5) is 14.7. The number of ether oxygens (including phenoxy) is 1. The minimum atomic E-state index is 0.312. The normalized spacial score (nSPS) is 34.0. The number of hydrogen-bond acceptors (Lipinski definition) is 2. The third kappa shape index (κ3) is 3.68. The van der Waals surface area contributed by atoms with E-state index in [0.29, 0.717) is 29.2 Å². The van der Waals surface area contributed by atoms with Crippen molar-refractivity contribution < 1.29 is 9.53 Å². The monoisotopic (exact) mass is 303 g/mol. The predicted octanol–water partition coefficient (Wildman–Crippen LogP) is 2.58. The van der Waals surface area contributed by atoms with Gasteiger partial charge in [0.15, 0.2) is 0 Å². The lowest BCUT2D eigenvalue weighted by Crippen LogP contribution is -2.43. The highest BCUT2D eigenvalue weighted by molar-refractivity contribution is 9.09. The van der Waals surface area contributed by atoms with Crippen molar-refractivity contribution in [3.05, 3.63) is 0 Å². The molecule has 98 valence electrons. The topological polar surface area (TPSA) is 29.5 Å². The smallest absolute Gasteiger partial charge is 0.222 e. The average Bonchev–Trinajstić information content (AvgIpc) is 2.82. The highest BCUT2D eigenvalue weighted by Gasteiger charge is 2.27. The standard InChI is InChI=1S/C13H22BrNO2/c1-10-9-15(7-6-12(10)14)13(16)5-4-11-3-2-8-17-11/h10-12H,2-9H2,1H3. The van der Waals surface area contributed by atoms with Crippen molar-refractivity contribution in [3.63, 3.8) is 0 Å². The Morgan fingerprint density at radius 1 is 1.47 bits per heavy atom. The molecule has 2 aliphatic rings. The van der Waals surface area contributed by atoms with E-state index in [4.69, 9.17) is 4.74 Å². The van der Waals surface area contributed by atoms with Crippen molar-refractivity contribution in [1.29, 1.82) is 0 Å². The van der Waals surface area contributed by atoms with Crippen LogP contribution in [-0.2, 0) is 9.53 Å². The molecule has 2 saturated heterocycles. The number of carbonyl (C=O) groups excluding carboxylic acids is 1. The van der Waals surface area contributed by atoms with Crippen LogP contribution in [0.2, 0.25) is 0 Å². The molecule has 0 aliphatic carbocycles. The van der Waals surface area contributed by atoms with Crippen molar-refractivity contribution in [2.45, 2.75) is 50.0 Å². The second-order valence-corrected chi connectivity index (χ2v) is 6.47. The van der Waals surface area contributed by atoms with Gasteiger partial charge in [-0.15, -0.1) is 0 Å². The number of nitrogens with zero attached hydrogens (tertiary/aromatic N) is 1. The molecule has 0 saturated carbocycles.